The number of aromatic nitrogens is 1. The van der Waals surface area contributed by atoms with Crippen molar-refractivity contribution in [3.8, 4) is 0 Å². The monoisotopic (exact) mass is 460 g/mol. The third-order valence-corrected chi connectivity index (χ3v) is 5.28. The zero-order chi connectivity index (χ0) is 20.7. The lowest BCUT2D eigenvalue weighted by atomic mass is 9.80. The van der Waals surface area contributed by atoms with E-state index < -0.39 is 35.5 Å². The Hall–Kier alpha value is -2.04. The van der Waals surface area contributed by atoms with Crippen LogP contribution < -0.4 is 16.4 Å². The van der Waals surface area contributed by atoms with E-state index in [2.05, 4.69) is 31.5 Å². The quantitative estimate of drug-likeness (QED) is 0.606. The molecule has 1 saturated heterocycles. The summed E-state index contributed by atoms with van der Waals surface area (Å²) in [4.78, 5) is 16.2. The third-order valence-electron chi connectivity index (χ3n) is 4.81. The molecule has 0 saturated carbocycles. The fourth-order valence-corrected chi connectivity index (χ4v) is 3.70. The zero-order valence-corrected chi connectivity index (χ0v) is 16.2. The van der Waals surface area contributed by atoms with Crippen molar-refractivity contribution in [1.29, 1.82) is 0 Å². The topological polar surface area (TPSA) is 80.0 Å². The number of rotatable bonds is 3. The number of carbonyl (C=O) groups is 1. The first kappa shape index (κ1) is 20.7. The van der Waals surface area contributed by atoms with Crippen LogP contribution >= 0.6 is 15.9 Å². The number of amides is 1. The molecule has 10 heteroatoms. The number of nitrogens with zero attached hydrogens (tertiary/aromatic N) is 1. The maximum atomic E-state index is 14.5. The van der Waals surface area contributed by atoms with Crippen LogP contribution in [0.2, 0.25) is 0 Å². The van der Waals surface area contributed by atoms with Crippen molar-refractivity contribution in [2.24, 2.45) is 11.7 Å². The van der Waals surface area contributed by atoms with Crippen molar-refractivity contribution in [1.82, 2.24) is 10.3 Å². The second-order valence-corrected chi connectivity index (χ2v) is 7.71. The van der Waals surface area contributed by atoms with Crippen LogP contribution in [0.15, 0.2) is 41.0 Å². The lowest BCUT2D eigenvalue weighted by molar-refractivity contribution is -0.188. The summed E-state index contributed by atoms with van der Waals surface area (Å²) in [7, 11) is 0. The van der Waals surface area contributed by atoms with Gasteiger partial charge in [-0.3, -0.25) is 10.1 Å². The van der Waals surface area contributed by atoms with E-state index in [1.807, 2.05) is 0 Å². The highest BCUT2D eigenvalue weighted by atomic mass is 79.9. The molecule has 4 N–H and O–H groups in total. The first-order valence-corrected chi connectivity index (χ1v) is 9.13. The van der Waals surface area contributed by atoms with Crippen molar-refractivity contribution in [3.63, 3.8) is 0 Å². The highest BCUT2D eigenvalue weighted by molar-refractivity contribution is 9.10. The standard InChI is InChI=1S/C18H17BrF4N4O/c1-17(14(18(21,22)23)7-15(24)27-17)11-6-10(3-4-12(11)20)26-16(28)13-5-2-9(19)8-25-13/h2-6,8,14-15,27H,7,24H2,1H3,(H,26,28). The van der Waals surface area contributed by atoms with Crippen LogP contribution in [0.5, 0.6) is 0 Å². The van der Waals surface area contributed by atoms with E-state index in [-0.39, 0.29) is 23.4 Å². The summed E-state index contributed by atoms with van der Waals surface area (Å²) in [6, 6.07) is 6.58. The average molecular weight is 461 g/mol. The van der Waals surface area contributed by atoms with E-state index in [4.69, 9.17) is 5.73 Å². The van der Waals surface area contributed by atoms with Crippen molar-refractivity contribution >= 4 is 27.5 Å². The molecule has 0 aliphatic carbocycles. The first-order chi connectivity index (χ1) is 13.0. The molecular formula is C18H17BrF4N4O. The number of halogens is 5. The number of benzene rings is 1. The highest BCUT2D eigenvalue weighted by Crippen LogP contribution is 2.47. The van der Waals surface area contributed by atoms with Crippen molar-refractivity contribution in [3.05, 3.63) is 58.1 Å². The molecule has 28 heavy (non-hydrogen) atoms. The van der Waals surface area contributed by atoms with Gasteiger partial charge in [-0.05, 0) is 59.6 Å². The molecule has 2 aromatic rings. The van der Waals surface area contributed by atoms with Gasteiger partial charge in [-0.15, -0.1) is 0 Å². The molecule has 3 rings (SSSR count). The third kappa shape index (κ3) is 4.03. The Morgan fingerprint density at radius 1 is 1.36 bits per heavy atom. The van der Waals surface area contributed by atoms with Gasteiger partial charge in [0.15, 0.2) is 0 Å². The lowest BCUT2D eigenvalue weighted by Gasteiger charge is -2.34. The maximum absolute atomic E-state index is 14.5. The van der Waals surface area contributed by atoms with E-state index in [9.17, 15) is 22.4 Å². The number of hydrogen-bond donors (Lipinski definition) is 3. The summed E-state index contributed by atoms with van der Waals surface area (Å²) in [6.07, 6.45) is -4.44. The van der Waals surface area contributed by atoms with Crippen molar-refractivity contribution in [2.45, 2.75) is 31.2 Å². The average Bonchev–Trinajstić information content (AvgIpc) is 2.93. The van der Waals surface area contributed by atoms with Gasteiger partial charge in [0.05, 0.1) is 17.6 Å². The summed E-state index contributed by atoms with van der Waals surface area (Å²) >= 11 is 3.20. The van der Waals surface area contributed by atoms with Crippen LogP contribution in [0.3, 0.4) is 0 Å². The molecular weight excluding hydrogens is 444 g/mol. The summed E-state index contributed by atoms with van der Waals surface area (Å²) in [5.41, 5.74) is 3.95. The van der Waals surface area contributed by atoms with E-state index in [1.54, 1.807) is 6.07 Å². The number of alkyl halides is 3. The Bertz CT molecular complexity index is 890. The predicted molar refractivity (Wildman–Crippen MR) is 98.9 cm³/mol. The van der Waals surface area contributed by atoms with E-state index in [0.717, 1.165) is 6.07 Å². The molecule has 1 aliphatic rings. The summed E-state index contributed by atoms with van der Waals surface area (Å²) in [5.74, 6) is -3.26. The molecule has 1 amide bonds. The van der Waals surface area contributed by atoms with Gasteiger partial charge in [0.25, 0.3) is 5.91 Å². The van der Waals surface area contributed by atoms with Crippen LogP contribution in [0.25, 0.3) is 0 Å². The first-order valence-electron chi connectivity index (χ1n) is 8.33. The minimum Gasteiger partial charge on any atom is -0.321 e. The molecule has 1 fully saturated rings. The van der Waals surface area contributed by atoms with E-state index >= 15 is 0 Å². The summed E-state index contributed by atoms with van der Waals surface area (Å²) in [5, 5.41) is 5.18. The molecule has 0 spiro atoms. The zero-order valence-electron chi connectivity index (χ0n) is 14.6. The van der Waals surface area contributed by atoms with E-state index in [0.29, 0.717) is 4.47 Å². The second-order valence-electron chi connectivity index (χ2n) is 6.79. The van der Waals surface area contributed by atoms with Gasteiger partial charge >= 0.3 is 6.18 Å². The number of anilines is 1. The number of nitrogens with one attached hydrogen (secondary N) is 2. The van der Waals surface area contributed by atoms with Crippen LogP contribution in [-0.4, -0.2) is 23.2 Å². The van der Waals surface area contributed by atoms with Crippen LogP contribution in [0.1, 0.15) is 29.4 Å². The number of hydrogen-bond acceptors (Lipinski definition) is 4. The van der Waals surface area contributed by atoms with Gasteiger partial charge in [-0.1, -0.05) is 0 Å². The fourth-order valence-electron chi connectivity index (χ4n) is 3.47. The smallest absolute Gasteiger partial charge is 0.321 e. The Morgan fingerprint density at radius 2 is 2.07 bits per heavy atom. The number of nitrogens with two attached hydrogens (primary N) is 1. The Labute approximate surface area is 166 Å². The van der Waals surface area contributed by atoms with Crippen molar-refractivity contribution in [2.75, 3.05) is 5.32 Å². The molecule has 2 heterocycles. The Morgan fingerprint density at radius 3 is 2.68 bits per heavy atom. The Kier molecular flexibility index (Phi) is 5.48. The van der Waals surface area contributed by atoms with Crippen LogP contribution in [0, 0.1) is 11.7 Å². The molecule has 5 nitrogen and oxygen atoms in total. The number of pyridine rings is 1. The largest absolute Gasteiger partial charge is 0.394 e. The maximum Gasteiger partial charge on any atom is 0.394 e. The SMILES string of the molecule is CC1(c2cc(NC(=O)c3ccc(Br)cn3)ccc2F)NC(N)CC1C(F)(F)F. The molecule has 3 unspecified atom stereocenters. The molecule has 1 aromatic heterocycles. The molecule has 1 aliphatic heterocycles. The van der Waals surface area contributed by atoms with Crippen LogP contribution in [0.4, 0.5) is 23.2 Å². The van der Waals surface area contributed by atoms with Gasteiger partial charge in [0.2, 0.25) is 0 Å². The number of carbonyl (C=O) groups excluding carboxylic acids is 1. The van der Waals surface area contributed by atoms with E-state index in [1.165, 1.54) is 31.3 Å². The fraction of sp³-hybridized carbons (Fsp3) is 0.333. The van der Waals surface area contributed by atoms with Gasteiger partial charge in [-0.2, -0.15) is 13.2 Å². The molecule has 150 valence electrons. The predicted octanol–water partition coefficient (Wildman–Crippen LogP) is 3.91. The van der Waals surface area contributed by atoms with Crippen molar-refractivity contribution < 1.29 is 22.4 Å². The molecule has 3 atom stereocenters. The molecule has 0 bridgehead atoms. The van der Waals surface area contributed by atoms with Gasteiger partial charge in [0.1, 0.15) is 11.5 Å². The van der Waals surface area contributed by atoms with Crippen LogP contribution in [-0.2, 0) is 5.54 Å². The summed E-state index contributed by atoms with van der Waals surface area (Å²) in [6.45, 7) is 1.26. The normalized spacial score (nSPS) is 25.0. The van der Waals surface area contributed by atoms with Gasteiger partial charge in [-0.25, -0.2) is 9.37 Å². The Balaban J connectivity index is 1.93. The minimum atomic E-state index is -4.57. The van der Waals surface area contributed by atoms with Gasteiger partial charge < -0.3 is 11.1 Å². The molecule has 1 aromatic carbocycles. The molecule has 0 radical (unpaired) electrons. The second kappa shape index (κ2) is 7.41. The lowest BCUT2D eigenvalue weighted by Crippen LogP contribution is -2.47. The highest BCUT2D eigenvalue weighted by Gasteiger charge is 2.57. The summed E-state index contributed by atoms with van der Waals surface area (Å²) < 4.78 is 55.7. The van der Waals surface area contributed by atoms with Gasteiger partial charge in [0, 0.05) is 21.9 Å². The minimum absolute atomic E-state index is 0.106.